The second-order valence-corrected chi connectivity index (χ2v) is 6.90. The van der Waals surface area contributed by atoms with E-state index in [1.165, 1.54) is 7.11 Å². The molecule has 0 radical (unpaired) electrons. The number of carbonyl (C=O) groups is 1. The van der Waals surface area contributed by atoms with Crippen LogP contribution in [0.4, 0.5) is 0 Å². The number of nitrogens with one attached hydrogen (secondary N) is 2. The number of esters is 1. The maximum Gasteiger partial charge on any atom is 0.323 e. The Balaban J connectivity index is 2.13. The van der Waals surface area contributed by atoms with Gasteiger partial charge in [0, 0.05) is 35.1 Å². The number of carbonyl (C=O) groups excluding carboxylic acids is 1. The summed E-state index contributed by atoms with van der Waals surface area (Å²) in [4.78, 5) is 15.7. The zero-order chi connectivity index (χ0) is 18.1. The molecule has 0 bridgehead atoms. The van der Waals surface area contributed by atoms with Gasteiger partial charge in [0.25, 0.3) is 0 Å². The lowest BCUT2D eigenvalue weighted by Gasteiger charge is -2.31. The van der Waals surface area contributed by atoms with Crippen LogP contribution < -0.4 is 14.8 Å². The van der Waals surface area contributed by atoms with Gasteiger partial charge in [-0.3, -0.25) is 10.1 Å². The summed E-state index contributed by atoms with van der Waals surface area (Å²) in [7, 11) is 4.69. The van der Waals surface area contributed by atoms with Crippen LogP contribution in [-0.2, 0) is 16.0 Å². The topological polar surface area (TPSA) is 72.6 Å². The Hall–Kier alpha value is -2.21. The van der Waals surface area contributed by atoms with Crippen molar-refractivity contribution < 1.29 is 19.0 Å². The molecule has 0 unspecified atom stereocenters. The van der Waals surface area contributed by atoms with Crippen LogP contribution in [0.25, 0.3) is 10.9 Å². The average Bonchev–Trinajstić information content (AvgIpc) is 2.97. The van der Waals surface area contributed by atoms with Crippen LogP contribution in [0.2, 0.25) is 0 Å². The van der Waals surface area contributed by atoms with Crippen LogP contribution in [0.15, 0.2) is 12.1 Å². The van der Waals surface area contributed by atoms with Crippen LogP contribution >= 0.6 is 0 Å². The SMILES string of the molecule is COC(=O)[C@@H]1Cc2c([nH]c3cc(OC)c(OC)cc23)[C@H](CC(C)C)N1. The molecule has 1 aliphatic rings. The van der Waals surface area contributed by atoms with Gasteiger partial charge in [-0.2, -0.15) is 0 Å². The summed E-state index contributed by atoms with van der Waals surface area (Å²) in [5.41, 5.74) is 3.28. The molecular weight excluding hydrogens is 320 g/mol. The van der Waals surface area contributed by atoms with E-state index >= 15 is 0 Å². The summed E-state index contributed by atoms with van der Waals surface area (Å²) in [6.45, 7) is 4.36. The first-order chi connectivity index (χ1) is 12.0. The van der Waals surface area contributed by atoms with Gasteiger partial charge in [-0.15, -0.1) is 0 Å². The lowest BCUT2D eigenvalue weighted by molar-refractivity contribution is -0.143. The van der Waals surface area contributed by atoms with E-state index in [0.717, 1.165) is 28.6 Å². The van der Waals surface area contributed by atoms with Crippen molar-refractivity contribution in [2.24, 2.45) is 5.92 Å². The average molecular weight is 346 g/mol. The van der Waals surface area contributed by atoms with E-state index in [4.69, 9.17) is 14.2 Å². The van der Waals surface area contributed by atoms with Crippen LogP contribution in [0.5, 0.6) is 11.5 Å². The Bertz CT molecular complexity index is 781. The first-order valence-electron chi connectivity index (χ1n) is 8.58. The Morgan fingerprint density at radius 3 is 2.48 bits per heavy atom. The minimum absolute atomic E-state index is 0.0808. The van der Waals surface area contributed by atoms with E-state index < -0.39 is 0 Å². The van der Waals surface area contributed by atoms with Gasteiger partial charge in [0.2, 0.25) is 0 Å². The number of aromatic nitrogens is 1. The van der Waals surface area contributed by atoms with Gasteiger partial charge in [0.1, 0.15) is 6.04 Å². The molecule has 2 atom stereocenters. The van der Waals surface area contributed by atoms with Crippen LogP contribution in [0.1, 0.15) is 37.6 Å². The highest BCUT2D eigenvalue weighted by atomic mass is 16.5. The molecule has 2 heterocycles. The first kappa shape index (κ1) is 17.6. The summed E-state index contributed by atoms with van der Waals surface area (Å²) in [6, 6.07) is 3.67. The second-order valence-electron chi connectivity index (χ2n) is 6.90. The number of ether oxygens (including phenoxy) is 3. The molecular formula is C19H26N2O4. The smallest absolute Gasteiger partial charge is 0.323 e. The van der Waals surface area contributed by atoms with E-state index in [9.17, 15) is 4.79 Å². The molecule has 1 aliphatic heterocycles. The highest BCUT2D eigenvalue weighted by Gasteiger charge is 2.34. The summed E-state index contributed by atoms with van der Waals surface area (Å²) in [6.07, 6.45) is 1.52. The van der Waals surface area contributed by atoms with Gasteiger partial charge in [-0.05, 0) is 24.0 Å². The molecule has 6 heteroatoms. The molecule has 2 N–H and O–H groups in total. The first-order valence-corrected chi connectivity index (χ1v) is 8.58. The summed E-state index contributed by atoms with van der Waals surface area (Å²) >= 11 is 0. The Labute approximate surface area is 147 Å². The maximum atomic E-state index is 12.1. The quantitative estimate of drug-likeness (QED) is 0.815. The summed E-state index contributed by atoms with van der Waals surface area (Å²) in [5.74, 6) is 1.64. The van der Waals surface area contributed by atoms with Gasteiger partial charge < -0.3 is 19.2 Å². The van der Waals surface area contributed by atoms with E-state index in [0.29, 0.717) is 23.8 Å². The van der Waals surface area contributed by atoms with Gasteiger partial charge in [-0.25, -0.2) is 0 Å². The lowest BCUT2D eigenvalue weighted by Crippen LogP contribution is -2.45. The van der Waals surface area contributed by atoms with Crippen LogP contribution in [-0.4, -0.2) is 38.3 Å². The lowest BCUT2D eigenvalue weighted by atomic mass is 9.90. The van der Waals surface area contributed by atoms with Crippen LogP contribution in [0, 0.1) is 5.92 Å². The molecule has 3 rings (SSSR count). The van der Waals surface area contributed by atoms with Crippen LogP contribution in [0.3, 0.4) is 0 Å². The number of benzene rings is 1. The van der Waals surface area contributed by atoms with Crippen molar-refractivity contribution in [3.8, 4) is 11.5 Å². The number of hydrogen-bond acceptors (Lipinski definition) is 5. The van der Waals surface area contributed by atoms with Crippen molar-refractivity contribution in [2.75, 3.05) is 21.3 Å². The molecule has 0 aliphatic carbocycles. The van der Waals surface area contributed by atoms with Gasteiger partial charge >= 0.3 is 5.97 Å². The van der Waals surface area contributed by atoms with Crippen molar-refractivity contribution in [3.63, 3.8) is 0 Å². The largest absolute Gasteiger partial charge is 0.493 e. The molecule has 0 saturated heterocycles. The van der Waals surface area contributed by atoms with E-state index in [-0.39, 0.29) is 18.1 Å². The van der Waals surface area contributed by atoms with E-state index in [2.05, 4.69) is 24.1 Å². The number of rotatable bonds is 5. The zero-order valence-electron chi connectivity index (χ0n) is 15.4. The van der Waals surface area contributed by atoms with E-state index in [1.807, 2.05) is 12.1 Å². The van der Waals surface area contributed by atoms with Crippen molar-refractivity contribution in [2.45, 2.75) is 38.8 Å². The van der Waals surface area contributed by atoms with Gasteiger partial charge in [0.05, 0.1) is 21.3 Å². The molecule has 1 aromatic heterocycles. The number of fused-ring (bicyclic) bond motifs is 3. The molecule has 0 fully saturated rings. The van der Waals surface area contributed by atoms with Crippen molar-refractivity contribution in [1.82, 2.24) is 10.3 Å². The fraction of sp³-hybridized carbons (Fsp3) is 0.526. The molecule has 1 aromatic carbocycles. The molecule has 0 spiro atoms. The number of aromatic amines is 1. The molecule has 136 valence electrons. The van der Waals surface area contributed by atoms with Crippen molar-refractivity contribution >= 4 is 16.9 Å². The maximum absolute atomic E-state index is 12.1. The fourth-order valence-corrected chi connectivity index (χ4v) is 3.66. The zero-order valence-corrected chi connectivity index (χ0v) is 15.4. The third kappa shape index (κ3) is 3.18. The second kappa shape index (κ2) is 6.96. The number of H-pyrrole nitrogens is 1. The third-order valence-electron chi connectivity index (χ3n) is 4.80. The molecule has 2 aromatic rings. The third-order valence-corrected chi connectivity index (χ3v) is 4.80. The monoisotopic (exact) mass is 346 g/mol. The van der Waals surface area contributed by atoms with Crippen molar-refractivity contribution in [3.05, 3.63) is 23.4 Å². The highest BCUT2D eigenvalue weighted by Crippen LogP contribution is 2.39. The standard InChI is InChI=1S/C19H26N2O4/c1-10(2)6-14-18-12(7-15(20-14)19(22)25-5)11-8-16(23-3)17(24-4)9-13(11)21-18/h8-10,14-15,20-21H,6-7H2,1-5H3/t14-,15-/m0/s1. The van der Waals surface area contributed by atoms with Crippen molar-refractivity contribution in [1.29, 1.82) is 0 Å². The fourth-order valence-electron chi connectivity index (χ4n) is 3.66. The summed E-state index contributed by atoms with van der Waals surface area (Å²) < 4.78 is 15.8. The predicted octanol–water partition coefficient (Wildman–Crippen LogP) is 2.96. The van der Waals surface area contributed by atoms with Gasteiger partial charge in [-0.1, -0.05) is 13.8 Å². The Kier molecular flexibility index (Phi) is 4.90. The minimum Gasteiger partial charge on any atom is -0.493 e. The minimum atomic E-state index is -0.339. The molecule has 0 amide bonds. The van der Waals surface area contributed by atoms with Gasteiger partial charge in [0.15, 0.2) is 11.5 Å². The Morgan fingerprint density at radius 1 is 1.20 bits per heavy atom. The predicted molar refractivity (Wildman–Crippen MR) is 96.2 cm³/mol. The Morgan fingerprint density at radius 2 is 1.88 bits per heavy atom. The summed E-state index contributed by atoms with van der Waals surface area (Å²) in [5, 5.41) is 4.51. The number of hydrogen-bond donors (Lipinski definition) is 2. The molecule has 0 saturated carbocycles. The normalized spacial score (nSPS) is 19.8. The molecule has 25 heavy (non-hydrogen) atoms. The highest BCUT2D eigenvalue weighted by molar-refractivity contribution is 5.89. The number of methoxy groups -OCH3 is 3. The molecule has 6 nitrogen and oxygen atoms in total. The van der Waals surface area contributed by atoms with E-state index in [1.54, 1.807) is 14.2 Å².